The van der Waals surface area contributed by atoms with Crippen LogP contribution in [-0.4, -0.2) is 26.2 Å². The summed E-state index contributed by atoms with van der Waals surface area (Å²) in [7, 11) is 3.53. The molecule has 2 heterocycles. The maximum Gasteiger partial charge on any atom is 0.329 e. The predicted octanol–water partition coefficient (Wildman–Crippen LogP) is 4.97. The van der Waals surface area contributed by atoms with Crippen LogP contribution in [0.25, 0.3) is 33.5 Å². The molecule has 2 aromatic carbocycles. The molecule has 160 valence electrons. The van der Waals surface area contributed by atoms with Gasteiger partial charge in [0, 0.05) is 31.3 Å². The van der Waals surface area contributed by atoms with Gasteiger partial charge in [0.2, 0.25) is 0 Å². The Morgan fingerprint density at radius 2 is 1.90 bits per heavy atom. The van der Waals surface area contributed by atoms with Crippen molar-refractivity contribution in [3.8, 4) is 22.5 Å². The van der Waals surface area contributed by atoms with Crippen LogP contribution in [0, 0.1) is 6.92 Å². The molecule has 5 rings (SSSR count). The number of hydrogen-bond donors (Lipinski definition) is 1. The molecule has 0 bridgehead atoms. The van der Waals surface area contributed by atoms with Gasteiger partial charge < -0.3 is 9.72 Å². The number of aromatic amines is 1. The van der Waals surface area contributed by atoms with E-state index in [-0.39, 0.29) is 5.69 Å². The average molecular weight is 417 g/mol. The van der Waals surface area contributed by atoms with Crippen LogP contribution < -0.4 is 5.69 Å². The number of methoxy groups -OCH3 is 1. The van der Waals surface area contributed by atoms with Crippen molar-refractivity contribution >= 4 is 11.0 Å². The minimum Gasteiger partial charge on any atom is -0.377 e. The highest BCUT2D eigenvalue weighted by Crippen LogP contribution is 2.35. The van der Waals surface area contributed by atoms with E-state index in [1.54, 1.807) is 11.7 Å². The SMILES string of the molecule is COCc1nc(-c2cccc(C)c2)c(-c2ccc3c(c2)n(C)c(=O)n3C2CCCC2)[nH]1. The van der Waals surface area contributed by atoms with Gasteiger partial charge in [-0.15, -0.1) is 0 Å². The van der Waals surface area contributed by atoms with Crippen LogP contribution in [0.2, 0.25) is 0 Å². The molecule has 1 aliphatic carbocycles. The number of rotatable bonds is 5. The molecule has 0 unspecified atom stereocenters. The van der Waals surface area contributed by atoms with E-state index < -0.39 is 0 Å². The fraction of sp³-hybridized carbons (Fsp3) is 0.360. The zero-order valence-corrected chi connectivity index (χ0v) is 18.3. The number of imidazole rings is 2. The normalized spacial score (nSPS) is 14.7. The van der Waals surface area contributed by atoms with Crippen molar-refractivity contribution in [2.24, 2.45) is 7.05 Å². The molecule has 0 spiro atoms. The summed E-state index contributed by atoms with van der Waals surface area (Å²) in [6.45, 7) is 2.50. The van der Waals surface area contributed by atoms with Crippen molar-refractivity contribution in [1.29, 1.82) is 0 Å². The summed E-state index contributed by atoms with van der Waals surface area (Å²) in [5, 5.41) is 0. The number of fused-ring (bicyclic) bond motifs is 1. The number of ether oxygens (including phenoxy) is 1. The first-order chi connectivity index (χ1) is 15.1. The number of aryl methyl sites for hydroxylation is 2. The Morgan fingerprint density at radius 3 is 2.65 bits per heavy atom. The molecule has 6 heteroatoms. The zero-order valence-electron chi connectivity index (χ0n) is 18.3. The molecule has 0 saturated heterocycles. The second-order valence-electron chi connectivity index (χ2n) is 8.56. The van der Waals surface area contributed by atoms with E-state index in [0.29, 0.717) is 12.6 Å². The first-order valence-electron chi connectivity index (χ1n) is 10.9. The highest BCUT2D eigenvalue weighted by atomic mass is 16.5. The number of benzene rings is 2. The predicted molar refractivity (Wildman–Crippen MR) is 123 cm³/mol. The molecular weight excluding hydrogens is 388 g/mol. The Balaban J connectivity index is 1.67. The molecule has 1 aliphatic rings. The van der Waals surface area contributed by atoms with Crippen LogP contribution in [0.3, 0.4) is 0 Å². The zero-order chi connectivity index (χ0) is 21.5. The Morgan fingerprint density at radius 1 is 1.10 bits per heavy atom. The summed E-state index contributed by atoms with van der Waals surface area (Å²) >= 11 is 0. The van der Waals surface area contributed by atoms with Crippen LogP contribution in [0.5, 0.6) is 0 Å². The third-order valence-corrected chi connectivity index (χ3v) is 6.39. The second-order valence-corrected chi connectivity index (χ2v) is 8.56. The molecule has 31 heavy (non-hydrogen) atoms. The third kappa shape index (κ3) is 3.41. The van der Waals surface area contributed by atoms with Crippen LogP contribution >= 0.6 is 0 Å². The number of H-pyrrole nitrogens is 1. The van der Waals surface area contributed by atoms with Crippen LogP contribution in [0.4, 0.5) is 0 Å². The van der Waals surface area contributed by atoms with Gasteiger partial charge in [0.25, 0.3) is 0 Å². The summed E-state index contributed by atoms with van der Waals surface area (Å²) in [5.41, 5.74) is 7.14. The van der Waals surface area contributed by atoms with Crippen LogP contribution in [0.1, 0.15) is 43.1 Å². The van der Waals surface area contributed by atoms with Crippen molar-refractivity contribution in [2.45, 2.75) is 45.3 Å². The molecule has 4 aromatic rings. The van der Waals surface area contributed by atoms with Gasteiger partial charge in [-0.05, 0) is 38.0 Å². The monoisotopic (exact) mass is 416 g/mol. The fourth-order valence-electron chi connectivity index (χ4n) is 4.87. The Bertz CT molecular complexity index is 1310. The standard InChI is InChI=1S/C25H28N4O2/c1-16-7-6-8-17(13-16)23-24(27-22(26-23)15-31-3)18-11-12-20-21(14-18)28(2)25(30)29(20)19-9-4-5-10-19/h6-8,11-14,19H,4-5,9-10,15H2,1-3H3,(H,26,27). The van der Waals surface area contributed by atoms with Crippen molar-refractivity contribution < 1.29 is 4.74 Å². The largest absolute Gasteiger partial charge is 0.377 e. The topological polar surface area (TPSA) is 64.8 Å². The van der Waals surface area contributed by atoms with Gasteiger partial charge in [-0.3, -0.25) is 9.13 Å². The molecule has 2 aromatic heterocycles. The summed E-state index contributed by atoms with van der Waals surface area (Å²) in [4.78, 5) is 21.3. The summed E-state index contributed by atoms with van der Waals surface area (Å²) < 4.78 is 9.09. The minimum atomic E-state index is 0.0719. The van der Waals surface area contributed by atoms with Crippen molar-refractivity contribution in [3.05, 3.63) is 64.3 Å². The van der Waals surface area contributed by atoms with Crippen LogP contribution in [0.15, 0.2) is 47.3 Å². The van der Waals surface area contributed by atoms with E-state index in [1.165, 1.54) is 18.4 Å². The lowest BCUT2D eigenvalue weighted by atomic mass is 10.0. The number of hydrogen-bond acceptors (Lipinski definition) is 3. The summed E-state index contributed by atoms with van der Waals surface area (Å²) in [6.07, 6.45) is 4.56. The molecule has 0 atom stereocenters. The molecule has 1 fully saturated rings. The first-order valence-corrected chi connectivity index (χ1v) is 10.9. The van der Waals surface area contributed by atoms with Gasteiger partial charge in [0.15, 0.2) is 0 Å². The van der Waals surface area contributed by atoms with E-state index in [1.807, 2.05) is 17.7 Å². The lowest BCUT2D eigenvalue weighted by Gasteiger charge is -2.11. The van der Waals surface area contributed by atoms with E-state index in [2.05, 4.69) is 48.3 Å². The quantitative estimate of drug-likeness (QED) is 0.500. The highest BCUT2D eigenvalue weighted by molar-refractivity contribution is 5.86. The molecule has 0 aliphatic heterocycles. The van der Waals surface area contributed by atoms with E-state index in [0.717, 1.165) is 52.2 Å². The van der Waals surface area contributed by atoms with Crippen molar-refractivity contribution in [2.75, 3.05) is 7.11 Å². The molecular formula is C25H28N4O2. The molecule has 1 saturated carbocycles. The Kier molecular flexibility index (Phi) is 5.02. The maximum absolute atomic E-state index is 13.0. The number of nitrogens with zero attached hydrogens (tertiary/aromatic N) is 3. The van der Waals surface area contributed by atoms with Crippen molar-refractivity contribution in [1.82, 2.24) is 19.1 Å². The fourth-order valence-corrected chi connectivity index (χ4v) is 4.87. The van der Waals surface area contributed by atoms with Gasteiger partial charge in [0.1, 0.15) is 12.4 Å². The van der Waals surface area contributed by atoms with Gasteiger partial charge in [-0.1, -0.05) is 42.7 Å². The maximum atomic E-state index is 13.0. The third-order valence-electron chi connectivity index (χ3n) is 6.39. The van der Waals surface area contributed by atoms with Crippen LogP contribution in [-0.2, 0) is 18.4 Å². The van der Waals surface area contributed by atoms with Gasteiger partial charge in [-0.25, -0.2) is 9.78 Å². The molecule has 0 radical (unpaired) electrons. The molecule has 1 N–H and O–H groups in total. The smallest absolute Gasteiger partial charge is 0.329 e. The lowest BCUT2D eigenvalue weighted by molar-refractivity contribution is 0.178. The molecule has 6 nitrogen and oxygen atoms in total. The van der Waals surface area contributed by atoms with E-state index >= 15 is 0 Å². The first kappa shape index (κ1) is 19.8. The highest BCUT2D eigenvalue weighted by Gasteiger charge is 2.23. The second kappa shape index (κ2) is 7.85. The van der Waals surface area contributed by atoms with E-state index in [4.69, 9.17) is 9.72 Å². The van der Waals surface area contributed by atoms with Crippen molar-refractivity contribution in [3.63, 3.8) is 0 Å². The van der Waals surface area contributed by atoms with E-state index in [9.17, 15) is 4.79 Å². The lowest BCUT2D eigenvalue weighted by Crippen LogP contribution is -2.24. The van der Waals surface area contributed by atoms with Gasteiger partial charge in [0.05, 0.1) is 22.4 Å². The average Bonchev–Trinajstić information content (AvgIpc) is 3.48. The Hall–Kier alpha value is -3.12. The van der Waals surface area contributed by atoms with Gasteiger partial charge in [-0.2, -0.15) is 0 Å². The summed E-state index contributed by atoms with van der Waals surface area (Å²) in [6, 6.07) is 14.9. The molecule has 0 amide bonds. The number of nitrogens with one attached hydrogen (secondary N) is 1. The minimum absolute atomic E-state index is 0.0719. The van der Waals surface area contributed by atoms with Gasteiger partial charge >= 0.3 is 5.69 Å². The number of aromatic nitrogens is 4. The Labute approximate surface area is 181 Å². The summed E-state index contributed by atoms with van der Waals surface area (Å²) in [5.74, 6) is 0.784.